The molecule has 1 amide bonds. The molecule has 5 heteroatoms. The van der Waals surface area contributed by atoms with Gasteiger partial charge in [-0.3, -0.25) is 4.79 Å². The van der Waals surface area contributed by atoms with Gasteiger partial charge < -0.3 is 20.6 Å². The van der Waals surface area contributed by atoms with Crippen LogP contribution >= 0.6 is 0 Å². The molecular weight excluding hydrogens is 679 g/mol. The van der Waals surface area contributed by atoms with Crippen molar-refractivity contribution in [2.24, 2.45) is 0 Å². The number of carbonyl (C=O) groups is 1. The molecule has 0 saturated carbocycles. The molecule has 0 bridgehead atoms. The highest BCUT2D eigenvalue weighted by molar-refractivity contribution is 5.80. The Balaban J connectivity index is 3.64. The highest BCUT2D eigenvalue weighted by Gasteiger charge is 2.22. The lowest BCUT2D eigenvalue weighted by Gasteiger charge is -2.21. The van der Waals surface area contributed by atoms with Crippen molar-refractivity contribution in [2.75, 3.05) is 6.61 Å². The molecule has 3 atom stereocenters. The smallest absolute Gasteiger partial charge is 0.249 e. The van der Waals surface area contributed by atoms with Gasteiger partial charge in [0.1, 0.15) is 6.10 Å². The maximum absolute atomic E-state index is 12.5. The molecule has 0 rings (SSSR count). The van der Waals surface area contributed by atoms with Crippen LogP contribution in [0.2, 0.25) is 0 Å². The Kier molecular flexibility index (Phi) is 44.6. The zero-order chi connectivity index (χ0) is 40.1. The van der Waals surface area contributed by atoms with Crippen LogP contribution in [0.5, 0.6) is 0 Å². The van der Waals surface area contributed by atoms with Gasteiger partial charge in [0.2, 0.25) is 5.91 Å². The summed E-state index contributed by atoms with van der Waals surface area (Å²) < 4.78 is 0. The molecule has 3 unspecified atom stereocenters. The molecule has 0 aromatic heterocycles. The van der Waals surface area contributed by atoms with Crippen molar-refractivity contribution >= 4 is 5.91 Å². The SMILES string of the molecule is CCCCCCCCCCCCCCCC/C=C/CC/C=C/C(O)C(CO)NC(=O)C(O)CCCCCCCCCCCCCCCCCCCCCCC. The molecule has 326 valence electrons. The molecule has 0 saturated heterocycles. The van der Waals surface area contributed by atoms with Crippen LogP contribution in [0, 0.1) is 0 Å². The largest absolute Gasteiger partial charge is 0.394 e. The van der Waals surface area contributed by atoms with Crippen molar-refractivity contribution in [3.63, 3.8) is 0 Å². The minimum absolute atomic E-state index is 0.373. The van der Waals surface area contributed by atoms with E-state index in [0.717, 1.165) is 38.5 Å². The first-order chi connectivity index (χ1) is 27.1. The lowest BCUT2D eigenvalue weighted by molar-refractivity contribution is -0.131. The van der Waals surface area contributed by atoms with E-state index >= 15 is 0 Å². The van der Waals surface area contributed by atoms with Gasteiger partial charge in [-0.25, -0.2) is 0 Å². The average molecular weight is 776 g/mol. The Labute approximate surface area is 343 Å². The maximum atomic E-state index is 12.5. The molecule has 0 heterocycles. The van der Waals surface area contributed by atoms with Gasteiger partial charge in [0.25, 0.3) is 0 Å². The van der Waals surface area contributed by atoms with Crippen LogP contribution < -0.4 is 5.32 Å². The van der Waals surface area contributed by atoms with Gasteiger partial charge in [-0.1, -0.05) is 256 Å². The molecule has 0 aromatic rings. The quantitative estimate of drug-likeness (QED) is 0.0366. The highest BCUT2D eigenvalue weighted by Crippen LogP contribution is 2.17. The zero-order valence-corrected chi connectivity index (χ0v) is 37.1. The molecule has 4 N–H and O–H groups in total. The van der Waals surface area contributed by atoms with Gasteiger partial charge >= 0.3 is 0 Å². The number of unbranched alkanes of at least 4 members (excludes halogenated alkanes) is 35. The number of allylic oxidation sites excluding steroid dienone is 3. The molecule has 0 fully saturated rings. The summed E-state index contributed by atoms with van der Waals surface area (Å²) in [7, 11) is 0. The van der Waals surface area contributed by atoms with Crippen LogP contribution in [0.15, 0.2) is 24.3 Å². The van der Waals surface area contributed by atoms with E-state index in [-0.39, 0.29) is 6.61 Å². The van der Waals surface area contributed by atoms with Crippen LogP contribution in [0.1, 0.15) is 264 Å². The number of carbonyl (C=O) groups excluding carboxylic acids is 1. The van der Waals surface area contributed by atoms with E-state index < -0.39 is 24.2 Å². The van der Waals surface area contributed by atoms with Gasteiger partial charge in [0, 0.05) is 0 Å². The fourth-order valence-electron chi connectivity index (χ4n) is 7.67. The predicted octanol–water partition coefficient (Wildman–Crippen LogP) is 14.6. The summed E-state index contributed by atoms with van der Waals surface area (Å²) in [4.78, 5) is 12.5. The Bertz CT molecular complexity index is 814. The van der Waals surface area contributed by atoms with Gasteiger partial charge in [-0.05, 0) is 32.1 Å². The summed E-state index contributed by atoms with van der Waals surface area (Å²) in [6.45, 7) is 4.20. The summed E-state index contributed by atoms with van der Waals surface area (Å²) in [6, 6.07) is -0.811. The van der Waals surface area contributed by atoms with Crippen molar-refractivity contribution in [2.45, 2.75) is 283 Å². The molecule has 0 aromatic carbocycles. The van der Waals surface area contributed by atoms with Crippen molar-refractivity contribution in [3.8, 4) is 0 Å². The second-order valence-corrected chi connectivity index (χ2v) is 17.0. The van der Waals surface area contributed by atoms with Crippen LogP contribution in [-0.4, -0.2) is 46.1 Å². The van der Waals surface area contributed by atoms with E-state index in [1.165, 1.54) is 205 Å². The van der Waals surface area contributed by atoms with Gasteiger partial charge in [0.05, 0.1) is 18.8 Å². The van der Waals surface area contributed by atoms with E-state index in [1.54, 1.807) is 6.08 Å². The minimum atomic E-state index is -1.10. The summed E-state index contributed by atoms with van der Waals surface area (Å²) in [5, 5.41) is 33.2. The Morgan fingerprint density at radius 3 is 1.11 bits per heavy atom. The first kappa shape index (κ1) is 53.8. The minimum Gasteiger partial charge on any atom is -0.394 e. The number of aliphatic hydroxyl groups excluding tert-OH is 3. The first-order valence-electron chi connectivity index (χ1n) is 24.7. The molecule has 5 nitrogen and oxygen atoms in total. The third-order valence-electron chi connectivity index (χ3n) is 11.5. The van der Waals surface area contributed by atoms with Gasteiger partial charge in [0.15, 0.2) is 0 Å². The van der Waals surface area contributed by atoms with E-state index in [1.807, 2.05) is 6.08 Å². The molecule has 55 heavy (non-hydrogen) atoms. The lowest BCUT2D eigenvalue weighted by atomic mass is 10.0. The molecular formula is C50H97NO4. The highest BCUT2D eigenvalue weighted by atomic mass is 16.3. The van der Waals surface area contributed by atoms with Crippen LogP contribution in [0.4, 0.5) is 0 Å². The van der Waals surface area contributed by atoms with Gasteiger partial charge in [-0.2, -0.15) is 0 Å². The average Bonchev–Trinajstić information content (AvgIpc) is 3.19. The number of aliphatic hydroxyl groups is 3. The van der Waals surface area contributed by atoms with Crippen LogP contribution in [0.3, 0.4) is 0 Å². The van der Waals surface area contributed by atoms with Crippen molar-refractivity contribution in [3.05, 3.63) is 24.3 Å². The lowest BCUT2D eigenvalue weighted by Crippen LogP contribution is -2.48. The second kappa shape index (κ2) is 45.5. The number of hydrogen-bond donors (Lipinski definition) is 4. The number of rotatable bonds is 45. The third kappa shape index (κ3) is 40.8. The number of hydrogen-bond acceptors (Lipinski definition) is 4. The molecule has 0 spiro atoms. The summed E-state index contributed by atoms with van der Waals surface area (Å²) in [6.07, 6.45) is 56.6. The van der Waals surface area contributed by atoms with E-state index in [4.69, 9.17) is 0 Å². The second-order valence-electron chi connectivity index (χ2n) is 17.0. The molecule has 0 radical (unpaired) electrons. The monoisotopic (exact) mass is 776 g/mol. The van der Waals surface area contributed by atoms with Crippen LogP contribution in [-0.2, 0) is 4.79 Å². The Morgan fingerprint density at radius 2 is 0.745 bits per heavy atom. The summed E-state index contributed by atoms with van der Waals surface area (Å²) in [5.74, 6) is -0.508. The fourth-order valence-corrected chi connectivity index (χ4v) is 7.67. The molecule has 0 aliphatic heterocycles. The zero-order valence-electron chi connectivity index (χ0n) is 37.1. The standard InChI is InChI=1S/C50H97NO4/c1-3-5-7-9-11-13-15-17-19-21-23-25-27-29-31-33-35-37-39-41-43-45-49(54)50(55)51-47(46-52)48(53)44-42-40-38-36-34-32-30-28-26-24-22-20-18-16-14-12-10-8-6-4-2/h34,36,42,44,47-49,52-54H,3-33,35,37-41,43,45-46H2,1-2H3,(H,51,55)/b36-34+,44-42+. The Hall–Kier alpha value is -1.17. The van der Waals surface area contributed by atoms with E-state index in [9.17, 15) is 20.1 Å². The maximum Gasteiger partial charge on any atom is 0.249 e. The molecule has 0 aliphatic carbocycles. The third-order valence-corrected chi connectivity index (χ3v) is 11.5. The topological polar surface area (TPSA) is 89.8 Å². The summed E-state index contributed by atoms with van der Waals surface area (Å²) >= 11 is 0. The van der Waals surface area contributed by atoms with E-state index in [0.29, 0.717) is 6.42 Å². The van der Waals surface area contributed by atoms with E-state index in [2.05, 4.69) is 31.3 Å². The van der Waals surface area contributed by atoms with Crippen molar-refractivity contribution in [1.82, 2.24) is 5.32 Å². The van der Waals surface area contributed by atoms with Crippen molar-refractivity contribution < 1.29 is 20.1 Å². The first-order valence-corrected chi connectivity index (χ1v) is 24.7. The number of nitrogens with one attached hydrogen (secondary N) is 1. The summed E-state index contributed by atoms with van der Waals surface area (Å²) in [5.41, 5.74) is 0. The predicted molar refractivity (Wildman–Crippen MR) is 241 cm³/mol. The van der Waals surface area contributed by atoms with Crippen LogP contribution in [0.25, 0.3) is 0 Å². The van der Waals surface area contributed by atoms with Crippen molar-refractivity contribution in [1.29, 1.82) is 0 Å². The van der Waals surface area contributed by atoms with Gasteiger partial charge in [-0.15, -0.1) is 0 Å². The fraction of sp³-hybridized carbons (Fsp3) is 0.900. The Morgan fingerprint density at radius 1 is 0.436 bits per heavy atom. The number of amides is 1. The normalized spacial score (nSPS) is 13.6. The molecule has 0 aliphatic rings.